The predicted octanol–water partition coefficient (Wildman–Crippen LogP) is -0.856. The molecule has 0 amide bonds. The minimum Gasteiger partial charge on any atom is -0.325 e. The van der Waals surface area contributed by atoms with Crippen molar-refractivity contribution in [1.29, 1.82) is 5.41 Å². The van der Waals surface area contributed by atoms with E-state index in [1.165, 1.54) is 0 Å². The zero-order valence-corrected chi connectivity index (χ0v) is 4.36. The van der Waals surface area contributed by atoms with Gasteiger partial charge in [-0.3, -0.25) is 5.41 Å². The quantitative estimate of drug-likeness (QED) is 0.240. The van der Waals surface area contributed by atoms with Crippen LogP contribution in [0.1, 0.15) is 0 Å². The van der Waals surface area contributed by atoms with Crippen molar-refractivity contribution < 1.29 is 8.76 Å². The van der Waals surface area contributed by atoms with Crippen molar-refractivity contribution in [1.82, 2.24) is 0 Å². The maximum absolute atomic E-state index is 9.74. The fourth-order valence-corrected chi connectivity index (χ4v) is 0.214. The van der Waals surface area contributed by atoms with Crippen molar-refractivity contribution in [3.05, 3.63) is 0 Å². The zero-order valence-electron chi connectivity index (χ0n) is 3.55. The maximum atomic E-state index is 9.74. The summed E-state index contributed by atoms with van der Waals surface area (Å²) in [5.74, 6) is 0. The van der Waals surface area contributed by atoms with Crippen LogP contribution in [-0.2, 0) is 11.1 Å². The fourth-order valence-electron chi connectivity index (χ4n) is 0.0713. The first-order valence-corrected chi connectivity index (χ1v) is 2.67. The molecule has 0 radical (unpaired) electrons. The van der Waals surface area contributed by atoms with Crippen LogP contribution in [0.3, 0.4) is 0 Å². The van der Waals surface area contributed by atoms with Crippen LogP contribution in [0.15, 0.2) is 0 Å². The van der Waals surface area contributed by atoms with Gasteiger partial charge in [0.25, 0.3) is 0 Å². The highest BCUT2D eigenvalue weighted by Gasteiger charge is 1.96. The van der Waals surface area contributed by atoms with E-state index < -0.39 is 11.1 Å². The molecule has 0 saturated heterocycles. The van der Waals surface area contributed by atoms with E-state index in [1.807, 2.05) is 0 Å². The number of nitrogens with two attached hydrogens (primary N) is 1. The van der Waals surface area contributed by atoms with E-state index >= 15 is 0 Å². The molecule has 0 spiro atoms. The van der Waals surface area contributed by atoms with Gasteiger partial charge in [-0.15, -0.1) is 0 Å². The number of hydrogen-bond donors (Lipinski definition) is 3. The average molecular weight is 122 g/mol. The maximum Gasteiger partial charge on any atom is 0.201 e. The lowest BCUT2D eigenvalue weighted by Gasteiger charge is -1.86. The summed E-state index contributed by atoms with van der Waals surface area (Å²) < 4.78 is 17.7. The Bertz CT molecular complexity index is 102. The first-order valence-electron chi connectivity index (χ1n) is 1.57. The van der Waals surface area contributed by atoms with Crippen molar-refractivity contribution in [3.8, 4) is 0 Å². The normalized spacial score (nSPS) is 13.4. The van der Waals surface area contributed by atoms with Crippen molar-refractivity contribution in [3.63, 3.8) is 0 Å². The first-order chi connectivity index (χ1) is 3.18. The van der Waals surface area contributed by atoms with E-state index in [0.717, 1.165) is 0 Å². The van der Waals surface area contributed by atoms with Gasteiger partial charge in [-0.2, -0.15) is 0 Å². The van der Waals surface area contributed by atoms with Crippen LogP contribution in [-0.4, -0.2) is 20.4 Å². The van der Waals surface area contributed by atoms with Crippen molar-refractivity contribution in [2.75, 3.05) is 6.54 Å². The van der Waals surface area contributed by atoms with Crippen LogP contribution in [0.25, 0.3) is 0 Å². The Labute approximate surface area is 43.5 Å². The summed E-state index contributed by atoms with van der Waals surface area (Å²) >= 11 is -2.15. The molecule has 0 aromatic heterocycles. The topological polar surface area (TPSA) is 87.2 Å². The molecule has 7 heavy (non-hydrogen) atoms. The minimum atomic E-state index is -2.15. The summed E-state index contributed by atoms with van der Waals surface area (Å²) in [5, 5.41) is 6.17. The largest absolute Gasteiger partial charge is 0.325 e. The Morgan fingerprint density at radius 2 is 2.43 bits per heavy atom. The van der Waals surface area contributed by atoms with E-state index in [1.54, 1.807) is 0 Å². The Morgan fingerprint density at radius 3 is 2.43 bits per heavy atom. The molecule has 0 bridgehead atoms. The highest BCUT2D eigenvalue weighted by Crippen LogP contribution is 1.71. The summed E-state index contributed by atoms with van der Waals surface area (Å²) in [6.45, 7) is -0.150. The van der Waals surface area contributed by atoms with Gasteiger partial charge in [0, 0.05) is 6.54 Å². The Balaban J connectivity index is 3.58. The molecule has 0 aliphatic carbocycles. The number of rotatable bonds is 1. The van der Waals surface area contributed by atoms with Gasteiger partial charge in [-0.25, -0.2) is 4.21 Å². The second kappa shape index (κ2) is 2.84. The van der Waals surface area contributed by atoms with E-state index in [0.29, 0.717) is 0 Å². The van der Waals surface area contributed by atoms with Crippen LogP contribution in [0, 0.1) is 5.41 Å². The highest BCUT2D eigenvalue weighted by molar-refractivity contribution is 7.95. The Kier molecular flexibility index (Phi) is 2.73. The molecule has 0 aliphatic rings. The molecule has 4 nitrogen and oxygen atoms in total. The molecule has 0 heterocycles. The van der Waals surface area contributed by atoms with Crippen LogP contribution >= 0.6 is 0 Å². The molecule has 5 heteroatoms. The van der Waals surface area contributed by atoms with Crippen LogP contribution in [0.2, 0.25) is 0 Å². The van der Waals surface area contributed by atoms with Crippen molar-refractivity contribution in [2.24, 2.45) is 5.73 Å². The molecule has 0 aromatic rings. The van der Waals surface area contributed by atoms with Gasteiger partial charge in [-0.1, -0.05) is 0 Å². The second-order valence-electron chi connectivity index (χ2n) is 0.876. The summed E-state index contributed by atoms with van der Waals surface area (Å²) in [4.78, 5) is 0. The van der Waals surface area contributed by atoms with Gasteiger partial charge in [0.2, 0.25) is 11.1 Å². The van der Waals surface area contributed by atoms with Gasteiger partial charge in [0.15, 0.2) is 0 Å². The van der Waals surface area contributed by atoms with Crippen LogP contribution < -0.4 is 5.73 Å². The van der Waals surface area contributed by atoms with Gasteiger partial charge >= 0.3 is 0 Å². The molecule has 0 rings (SSSR count). The lowest BCUT2D eigenvalue weighted by Crippen LogP contribution is -2.16. The summed E-state index contributed by atoms with van der Waals surface area (Å²) in [7, 11) is 0. The molecule has 1 unspecified atom stereocenters. The Morgan fingerprint density at radius 1 is 2.00 bits per heavy atom. The average Bonchev–Trinajstić information content (AvgIpc) is 1.65. The SMILES string of the molecule is N=C(CN)S(=O)O. The molecule has 4 N–H and O–H groups in total. The lowest BCUT2D eigenvalue weighted by atomic mass is 10.8. The Hall–Kier alpha value is -0.260. The molecular formula is C2H6N2O2S. The third-order valence-corrected chi connectivity index (χ3v) is 0.984. The molecule has 0 aromatic carbocycles. The molecule has 1 atom stereocenters. The third-order valence-electron chi connectivity index (χ3n) is 0.396. The first kappa shape index (κ1) is 6.74. The zero-order chi connectivity index (χ0) is 5.86. The smallest absolute Gasteiger partial charge is 0.201 e. The summed E-state index contributed by atoms with van der Waals surface area (Å²) in [6.07, 6.45) is 0. The van der Waals surface area contributed by atoms with E-state index in [4.69, 9.17) is 15.7 Å². The van der Waals surface area contributed by atoms with Crippen LogP contribution in [0.4, 0.5) is 0 Å². The molecule has 0 saturated carbocycles. The van der Waals surface area contributed by atoms with Gasteiger partial charge in [0.1, 0.15) is 5.04 Å². The van der Waals surface area contributed by atoms with E-state index in [2.05, 4.69) is 0 Å². The molecule has 0 aliphatic heterocycles. The molecule has 0 fully saturated rings. The van der Waals surface area contributed by atoms with E-state index in [9.17, 15) is 4.21 Å². The predicted molar refractivity (Wildman–Crippen MR) is 27.6 cm³/mol. The van der Waals surface area contributed by atoms with Gasteiger partial charge in [0.05, 0.1) is 0 Å². The highest BCUT2D eigenvalue weighted by atomic mass is 32.2. The van der Waals surface area contributed by atoms with Gasteiger partial charge in [-0.05, 0) is 0 Å². The minimum absolute atomic E-state index is 0.150. The third kappa shape index (κ3) is 2.44. The number of nitrogens with one attached hydrogen (secondary N) is 1. The fraction of sp³-hybridized carbons (Fsp3) is 0.500. The van der Waals surface area contributed by atoms with Gasteiger partial charge < -0.3 is 10.3 Å². The summed E-state index contributed by atoms with van der Waals surface area (Å²) in [5.41, 5.74) is 4.80. The number of hydrogen-bond acceptors (Lipinski definition) is 3. The lowest BCUT2D eigenvalue weighted by molar-refractivity contribution is 0.576. The van der Waals surface area contributed by atoms with Crippen molar-refractivity contribution >= 4 is 16.1 Å². The monoisotopic (exact) mass is 122 g/mol. The second-order valence-corrected chi connectivity index (χ2v) is 1.87. The molecule has 42 valence electrons. The van der Waals surface area contributed by atoms with E-state index in [-0.39, 0.29) is 11.6 Å². The molecular weight excluding hydrogens is 116 g/mol. The van der Waals surface area contributed by atoms with Crippen molar-refractivity contribution in [2.45, 2.75) is 0 Å². The standard InChI is InChI=1S/C2H6N2O2S/c3-1-2(4)7(5)6/h4H,1,3H2,(H,5,6). The van der Waals surface area contributed by atoms with Crippen LogP contribution in [0.5, 0.6) is 0 Å². The summed E-state index contributed by atoms with van der Waals surface area (Å²) in [6, 6.07) is 0.